The molecule has 0 saturated carbocycles. The molecule has 2 N–H and O–H groups in total. The summed E-state index contributed by atoms with van der Waals surface area (Å²) in [6.07, 6.45) is 5.55. The smallest absolute Gasteiger partial charge is 0.317 e. The van der Waals surface area contributed by atoms with Crippen molar-refractivity contribution >= 4 is 6.03 Å². The monoisotopic (exact) mass is 284 g/mol. The third kappa shape index (κ3) is 5.31. The van der Waals surface area contributed by atoms with Crippen LogP contribution in [0.4, 0.5) is 4.79 Å². The first-order valence-corrected chi connectivity index (χ1v) is 8.04. The van der Waals surface area contributed by atoms with Crippen LogP contribution in [0.3, 0.4) is 0 Å². The highest BCUT2D eigenvalue weighted by Crippen LogP contribution is 2.24. The first kappa shape index (κ1) is 17.3. The summed E-state index contributed by atoms with van der Waals surface area (Å²) in [6.45, 7) is 10.4. The van der Waals surface area contributed by atoms with Crippen LogP contribution in [-0.4, -0.2) is 41.8 Å². The van der Waals surface area contributed by atoms with Crippen molar-refractivity contribution in [1.29, 1.82) is 0 Å². The molecule has 1 rings (SSSR count). The van der Waals surface area contributed by atoms with Gasteiger partial charge in [0, 0.05) is 31.7 Å². The molecular weight excluding hydrogens is 252 g/mol. The summed E-state index contributed by atoms with van der Waals surface area (Å²) in [5.41, 5.74) is 0.0828. The van der Waals surface area contributed by atoms with Crippen LogP contribution in [0.5, 0.6) is 0 Å². The number of likely N-dealkylation sites (tertiary alicyclic amines) is 1. The Morgan fingerprint density at radius 1 is 1.40 bits per heavy atom. The standard InChI is InChI=1S/C16H32N2O2/c1-5-6-7-8-14(16(2,3)4)17-15(20)18-10-9-13(11-18)12-19/h13-14,19H,5-12H2,1-4H3,(H,17,20). The highest BCUT2D eigenvalue weighted by atomic mass is 16.3. The van der Waals surface area contributed by atoms with E-state index < -0.39 is 0 Å². The van der Waals surface area contributed by atoms with Gasteiger partial charge in [0.25, 0.3) is 0 Å². The number of aliphatic hydroxyl groups is 1. The van der Waals surface area contributed by atoms with Gasteiger partial charge in [0.2, 0.25) is 0 Å². The second kappa shape index (κ2) is 7.87. The molecule has 0 aromatic heterocycles. The van der Waals surface area contributed by atoms with Crippen molar-refractivity contribution in [2.75, 3.05) is 19.7 Å². The minimum Gasteiger partial charge on any atom is -0.396 e. The molecule has 4 heteroatoms. The van der Waals surface area contributed by atoms with Crippen LogP contribution < -0.4 is 5.32 Å². The molecule has 1 aliphatic rings. The van der Waals surface area contributed by atoms with E-state index in [4.69, 9.17) is 5.11 Å². The van der Waals surface area contributed by atoms with Gasteiger partial charge in [-0.15, -0.1) is 0 Å². The number of hydrogen-bond donors (Lipinski definition) is 2. The van der Waals surface area contributed by atoms with Gasteiger partial charge in [0.05, 0.1) is 0 Å². The fourth-order valence-corrected chi connectivity index (χ4v) is 2.73. The molecule has 0 radical (unpaired) electrons. The van der Waals surface area contributed by atoms with Gasteiger partial charge < -0.3 is 15.3 Å². The molecule has 0 aliphatic carbocycles. The summed E-state index contributed by atoms with van der Waals surface area (Å²) in [6, 6.07) is 0.257. The van der Waals surface area contributed by atoms with Crippen molar-refractivity contribution in [3.63, 3.8) is 0 Å². The van der Waals surface area contributed by atoms with Crippen molar-refractivity contribution in [3.8, 4) is 0 Å². The minimum atomic E-state index is 0.0392. The maximum absolute atomic E-state index is 12.3. The lowest BCUT2D eigenvalue weighted by molar-refractivity contribution is 0.179. The van der Waals surface area contributed by atoms with Crippen LogP contribution in [-0.2, 0) is 0 Å². The van der Waals surface area contributed by atoms with Crippen LogP contribution >= 0.6 is 0 Å². The topological polar surface area (TPSA) is 52.6 Å². The fourth-order valence-electron chi connectivity index (χ4n) is 2.73. The summed E-state index contributed by atoms with van der Waals surface area (Å²) >= 11 is 0. The SMILES string of the molecule is CCCCCC(NC(=O)N1CCC(CO)C1)C(C)(C)C. The Morgan fingerprint density at radius 2 is 2.10 bits per heavy atom. The predicted octanol–water partition coefficient (Wildman–Crippen LogP) is 3.01. The number of aliphatic hydroxyl groups excluding tert-OH is 1. The normalized spacial score (nSPS) is 21.1. The van der Waals surface area contributed by atoms with E-state index in [9.17, 15) is 4.79 Å². The zero-order valence-electron chi connectivity index (χ0n) is 13.6. The number of carbonyl (C=O) groups is 1. The summed E-state index contributed by atoms with van der Waals surface area (Å²) in [4.78, 5) is 14.2. The molecule has 2 amide bonds. The van der Waals surface area contributed by atoms with Gasteiger partial charge in [-0.3, -0.25) is 0 Å². The van der Waals surface area contributed by atoms with Crippen molar-refractivity contribution in [2.24, 2.45) is 11.3 Å². The average molecular weight is 284 g/mol. The lowest BCUT2D eigenvalue weighted by atomic mass is 9.83. The number of amides is 2. The van der Waals surface area contributed by atoms with E-state index in [1.54, 1.807) is 0 Å². The van der Waals surface area contributed by atoms with Gasteiger partial charge in [-0.1, -0.05) is 47.0 Å². The molecule has 2 unspecified atom stereocenters. The van der Waals surface area contributed by atoms with E-state index in [2.05, 4.69) is 33.0 Å². The molecular formula is C16H32N2O2. The van der Waals surface area contributed by atoms with Crippen LogP contribution in [0.2, 0.25) is 0 Å². The summed E-state index contributed by atoms with van der Waals surface area (Å²) in [7, 11) is 0. The van der Waals surface area contributed by atoms with Gasteiger partial charge in [-0.25, -0.2) is 4.79 Å². The first-order valence-electron chi connectivity index (χ1n) is 8.04. The van der Waals surface area contributed by atoms with Crippen LogP contribution in [0.1, 0.15) is 59.8 Å². The van der Waals surface area contributed by atoms with E-state index in [0.717, 1.165) is 25.8 Å². The van der Waals surface area contributed by atoms with Gasteiger partial charge in [0.1, 0.15) is 0 Å². The number of rotatable bonds is 6. The fraction of sp³-hybridized carbons (Fsp3) is 0.938. The zero-order chi connectivity index (χ0) is 15.2. The van der Waals surface area contributed by atoms with Gasteiger partial charge in [0.15, 0.2) is 0 Å². The lowest BCUT2D eigenvalue weighted by Crippen LogP contribution is -2.49. The first-order chi connectivity index (χ1) is 9.38. The molecule has 0 bridgehead atoms. The number of nitrogens with zero attached hydrogens (tertiary/aromatic N) is 1. The maximum atomic E-state index is 12.3. The van der Waals surface area contributed by atoms with E-state index in [0.29, 0.717) is 6.54 Å². The number of hydrogen-bond acceptors (Lipinski definition) is 2. The van der Waals surface area contributed by atoms with Crippen LogP contribution in [0, 0.1) is 11.3 Å². The van der Waals surface area contributed by atoms with Gasteiger partial charge >= 0.3 is 6.03 Å². The summed E-state index contributed by atoms with van der Waals surface area (Å²) < 4.78 is 0. The maximum Gasteiger partial charge on any atom is 0.317 e. The van der Waals surface area contributed by atoms with E-state index >= 15 is 0 Å². The second-order valence-corrected chi connectivity index (χ2v) is 7.15. The molecule has 118 valence electrons. The number of nitrogens with one attached hydrogen (secondary N) is 1. The summed E-state index contributed by atoms with van der Waals surface area (Å²) in [5, 5.41) is 12.4. The van der Waals surface area contributed by atoms with Crippen molar-refractivity contribution in [2.45, 2.75) is 65.8 Å². The number of carbonyl (C=O) groups excluding carboxylic acids is 1. The Balaban J connectivity index is 2.49. The molecule has 20 heavy (non-hydrogen) atoms. The summed E-state index contributed by atoms with van der Waals surface area (Å²) in [5.74, 6) is 0.258. The Hall–Kier alpha value is -0.770. The third-order valence-electron chi connectivity index (χ3n) is 4.27. The lowest BCUT2D eigenvalue weighted by Gasteiger charge is -2.33. The highest BCUT2D eigenvalue weighted by molar-refractivity contribution is 5.74. The third-order valence-corrected chi connectivity index (χ3v) is 4.27. The average Bonchev–Trinajstić information content (AvgIpc) is 2.85. The van der Waals surface area contributed by atoms with Gasteiger partial charge in [-0.2, -0.15) is 0 Å². The molecule has 0 spiro atoms. The Bertz CT molecular complexity index is 299. The van der Waals surface area contributed by atoms with Crippen LogP contribution in [0.25, 0.3) is 0 Å². The molecule has 1 saturated heterocycles. The van der Waals surface area contributed by atoms with Crippen molar-refractivity contribution in [3.05, 3.63) is 0 Å². The van der Waals surface area contributed by atoms with E-state index in [1.807, 2.05) is 4.90 Å². The molecule has 4 nitrogen and oxygen atoms in total. The van der Waals surface area contributed by atoms with Crippen molar-refractivity contribution in [1.82, 2.24) is 10.2 Å². The Morgan fingerprint density at radius 3 is 2.60 bits per heavy atom. The van der Waals surface area contributed by atoms with Gasteiger partial charge in [-0.05, 0) is 18.3 Å². The Kier molecular flexibility index (Phi) is 6.80. The quantitative estimate of drug-likeness (QED) is 0.737. The van der Waals surface area contributed by atoms with Crippen LogP contribution in [0.15, 0.2) is 0 Å². The van der Waals surface area contributed by atoms with E-state index in [1.165, 1.54) is 12.8 Å². The molecule has 2 atom stereocenters. The minimum absolute atomic E-state index is 0.0392. The second-order valence-electron chi connectivity index (χ2n) is 7.15. The Labute approximate surface area is 123 Å². The highest BCUT2D eigenvalue weighted by Gasteiger charge is 2.30. The number of urea groups is 1. The predicted molar refractivity (Wildman–Crippen MR) is 82.7 cm³/mol. The largest absolute Gasteiger partial charge is 0.396 e. The van der Waals surface area contributed by atoms with E-state index in [-0.39, 0.29) is 30.0 Å². The van der Waals surface area contributed by atoms with Crippen molar-refractivity contribution < 1.29 is 9.90 Å². The zero-order valence-corrected chi connectivity index (χ0v) is 13.6. The molecule has 0 aromatic carbocycles. The molecule has 1 fully saturated rings. The molecule has 1 heterocycles. The molecule has 1 aliphatic heterocycles. The number of unbranched alkanes of at least 4 members (excludes halogenated alkanes) is 2. The molecule has 0 aromatic rings.